The number of hydrogen-bond acceptors (Lipinski definition) is 2. The zero-order valence-electron chi connectivity index (χ0n) is 6.64. The van der Waals surface area contributed by atoms with Gasteiger partial charge in [-0.3, -0.25) is 0 Å². The predicted octanol–water partition coefficient (Wildman–Crippen LogP) is 2.41. The van der Waals surface area contributed by atoms with Gasteiger partial charge in [0.05, 0.1) is 9.26 Å². The van der Waals surface area contributed by atoms with Crippen LogP contribution in [0.3, 0.4) is 0 Å². The van der Waals surface area contributed by atoms with Gasteiger partial charge in [0.2, 0.25) is 5.95 Å². The standard InChI is InChI=1S/C8H8FIN2/c1-4-11-7(5-2-3-5)6(10)8(9)12-4/h5H,2-3H2,1H3. The monoisotopic (exact) mass is 278 g/mol. The smallest absolute Gasteiger partial charge is 0.229 e. The molecule has 0 spiro atoms. The maximum atomic E-state index is 13.1. The molecule has 0 unspecified atom stereocenters. The molecule has 1 aromatic rings. The van der Waals surface area contributed by atoms with Gasteiger partial charge in [-0.2, -0.15) is 4.39 Å². The van der Waals surface area contributed by atoms with Crippen molar-refractivity contribution in [3.63, 3.8) is 0 Å². The van der Waals surface area contributed by atoms with Gasteiger partial charge in [-0.05, 0) is 42.4 Å². The van der Waals surface area contributed by atoms with Gasteiger partial charge in [-0.1, -0.05) is 0 Å². The van der Waals surface area contributed by atoms with Gasteiger partial charge in [0, 0.05) is 5.92 Å². The first-order chi connectivity index (χ1) is 5.68. The quantitative estimate of drug-likeness (QED) is 0.582. The summed E-state index contributed by atoms with van der Waals surface area (Å²) in [5.74, 6) is 0.660. The maximum absolute atomic E-state index is 13.1. The number of rotatable bonds is 1. The molecule has 0 amide bonds. The average molecular weight is 278 g/mol. The Hall–Kier alpha value is -0.260. The largest absolute Gasteiger partial charge is 0.237 e. The molecule has 12 heavy (non-hydrogen) atoms. The summed E-state index contributed by atoms with van der Waals surface area (Å²) in [6.45, 7) is 1.73. The highest BCUT2D eigenvalue weighted by Gasteiger charge is 2.28. The second-order valence-corrected chi connectivity index (χ2v) is 4.11. The maximum Gasteiger partial charge on any atom is 0.229 e. The van der Waals surface area contributed by atoms with E-state index in [1.54, 1.807) is 6.92 Å². The van der Waals surface area contributed by atoms with Gasteiger partial charge >= 0.3 is 0 Å². The van der Waals surface area contributed by atoms with E-state index in [0.29, 0.717) is 15.3 Å². The zero-order valence-corrected chi connectivity index (χ0v) is 8.80. The highest BCUT2D eigenvalue weighted by atomic mass is 127. The summed E-state index contributed by atoms with van der Waals surface area (Å²) >= 11 is 1.98. The Morgan fingerprint density at radius 1 is 1.42 bits per heavy atom. The lowest BCUT2D eigenvalue weighted by Crippen LogP contribution is -2.01. The van der Waals surface area contributed by atoms with Crippen LogP contribution in [0.5, 0.6) is 0 Å². The molecule has 1 aliphatic carbocycles. The van der Waals surface area contributed by atoms with E-state index in [9.17, 15) is 4.39 Å². The molecule has 2 nitrogen and oxygen atoms in total. The van der Waals surface area contributed by atoms with Crippen molar-refractivity contribution < 1.29 is 4.39 Å². The minimum atomic E-state index is -0.370. The van der Waals surface area contributed by atoms with Crippen molar-refractivity contribution in [2.75, 3.05) is 0 Å². The number of halogens is 2. The first kappa shape index (κ1) is 8.34. The van der Waals surface area contributed by atoms with Crippen LogP contribution in [0.2, 0.25) is 0 Å². The van der Waals surface area contributed by atoms with E-state index in [4.69, 9.17) is 0 Å². The van der Waals surface area contributed by atoms with Crippen molar-refractivity contribution in [1.82, 2.24) is 9.97 Å². The fourth-order valence-electron chi connectivity index (χ4n) is 1.17. The predicted molar refractivity (Wildman–Crippen MR) is 51.4 cm³/mol. The molecule has 0 bridgehead atoms. The third kappa shape index (κ3) is 1.44. The summed E-state index contributed by atoms with van der Waals surface area (Å²) in [4.78, 5) is 7.90. The fourth-order valence-corrected chi connectivity index (χ4v) is 1.85. The Kier molecular flexibility index (Phi) is 2.02. The number of nitrogens with zero attached hydrogens (tertiary/aromatic N) is 2. The minimum Gasteiger partial charge on any atom is -0.237 e. The molecular weight excluding hydrogens is 270 g/mol. The van der Waals surface area contributed by atoms with Crippen molar-refractivity contribution in [2.24, 2.45) is 0 Å². The van der Waals surface area contributed by atoms with E-state index in [-0.39, 0.29) is 5.95 Å². The van der Waals surface area contributed by atoms with Crippen LogP contribution in [-0.4, -0.2) is 9.97 Å². The summed E-state index contributed by atoms with van der Waals surface area (Å²) in [5, 5.41) is 0. The van der Waals surface area contributed by atoms with E-state index < -0.39 is 0 Å². The van der Waals surface area contributed by atoms with Gasteiger partial charge in [-0.15, -0.1) is 0 Å². The van der Waals surface area contributed by atoms with E-state index >= 15 is 0 Å². The minimum absolute atomic E-state index is 0.370. The van der Waals surface area contributed by atoms with Crippen molar-refractivity contribution in [1.29, 1.82) is 0 Å². The van der Waals surface area contributed by atoms with Crippen molar-refractivity contribution in [2.45, 2.75) is 25.7 Å². The second kappa shape index (κ2) is 2.90. The molecule has 4 heteroatoms. The number of aryl methyl sites for hydroxylation is 1. The zero-order chi connectivity index (χ0) is 8.72. The van der Waals surface area contributed by atoms with Crippen LogP contribution in [-0.2, 0) is 0 Å². The highest BCUT2D eigenvalue weighted by Crippen LogP contribution is 2.41. The Labute approximate surface area is 83.8 Å². The molecule has 2 rings (SSSR count). The van der Waals surface area contributed by atoms with Gasteiger partial charge in [0.25, 0.3) is 0 Å². The first-order valence-corrected chi connectivity index (χ1v) is 4.96. The van der Waals surface area contributed by atoms with Crippen molar-refractivity contribution >= 4 is 22.6 Å². The molecule has 1 heterocycles. The Balaban J connectivity index is 2.51. The van der Waals surface area contributed by atoms with Crippen LogP contribution in [0, 0.1) is 16.4 Å². The third-order valence-electron chi connectivity index (χ3n) is 1.91. The summed E-state index contributed by atoms with van der Waals surface area (Å²) in [6.07, 6.45) is 2.29. The second-order valence-electron chi connectivity index (χ2n) is 3.04. The van der Waals surface area contributed by atoms with E-state index in [1.165, 1.54) is 0 Å². The Bertz CT molecular complexity index is 323. The first-order valence-electron chi connectivity index (χ1n) is 3.88. The molecule has 1 fully saturated rings. The normalized spacial score (nSPS) is 16.6. The number of aromatic nitrogens is 2. The van der Waals surface area contributed by atoms with Gasteiger partial charge < -0.3 is 0 Å². The number of hydrogen-bond donors (Lipinski definition) is 0. The van der Waals surface area contributed by atoms with Crippen molar-refractivity contribution in [3.05, 3.63) is 21.0 Å². The van der Waals surface area contributed by atoms with E-state index in [0.717, 1.165) is 18.5 Å². The Morgan fingerprint density at radius 3 is 2.67 bits per heavy atom. The molecule has 0 aliphatic heterocycles. The van der Waals surface area contributed by atoms with E-state index in [1.807, 2.05) is 22.6 Å². The van der Waals surface area contributed by atoms with Crippen molar-refractivity contribution in [3.8, 4) is 0 Å². The fraction of sp³-hybridized carbons (Fsp3) is 0.500. The van der Waals surface area contributed by atoms with E-state index in [2.05, 4.69) is 9.97 Å². The summed E-state index contributed by atoms with van der Waals surface area (Å²) in [6, 6.07) is 0. The molecule has 1 aliphatic rings. The molecular formula is C8H8FIN2. The summed E-state index contributed by atoms with van der Waals surface area (Å²) in [5.41, 5.74) is 0.903. The van der Waals surface area contributed by atoms with Gasteiger partial charge in [0.1, 0.15) is 5.82 Å². The molecule has 1 saturated carbocycles. The SMILES string of the molecule is Cc1nc(F)c(I)c(C2CC2)n1. The molecule has 0 saturated heterocycles. The molecule has 0 aromatic carbocycles. The molecule has 0 N–H and O–H groups in total. The molecule has 64 valence electrons. The van der Waals surface area contributed by atoms with Crippen LogP contribution >= 0.6 is 22.6 Å². The molecule has 1 aromatic heterocycles. The lowest BCUT2D eigenvalue weighted by Gasteiger charge is -2.02. The van der Waals surface area contributed by atoms with Gasteiger partial charge in [-0.25, -0.2) is 9.97 Å². The third-order valence-corrected chi connectivity index (χ3v) is 2.91. The molecule has 0 atom stereocenters. The van der Waals surface area contributed by atoms with Crippen LogP contribution in [0.15, 0.2) is 0 Å². The van der Waals surface area contributed by atoms with Crippen LogP contribution in [0.1, 0.15) is 30.3 Å². The Morgan fingerprint density at radius 2 is 2.08 bits per heavy atom. The summed E-state index contributed by atoms with van der Waals surface area (Å²) in [7, 11) is 0. The van der Waals surface area contributed by atoms with Crippen LogP contribution in [0.25, 0.3) is 0 Å². The summed E-state index contributed by atoms with van der Waals surface area (Å²) < 4.78 is 13.7. The average Bonchev–Trinajstić information content (AvgIpc) is 2.79. The van der Waals surface area contributed by atoms with Crippen LogP contribution in [0.4, 0.5) is 4.39 Å². The lowest BCUT2D eigenvalue weighted by atomic mass is 10.3. The highest BCUT2D eigenvalue weighted by molar-refractivity contribution is 14.1. The van der Waals surface area contributed by atoms with Gasteiger partial charge in [0.15, 0.2) is 0 Å². The topological polar surface area (TPSA) is 25.8 Å². The molecule has 0 radical (unpaired) electrons. The van der Waals surface area contributed by atoms with Crippen LogP contribution < -0.4 is 0 Å². The lowest BCUT2D eigenvalue weighted by molar-refractivity contribution is 0.560.